The second-order valence-electron chi connectivity index (χ2n) is 6.88. The molecule has 160 valence electrons. The molecule has 0 bridgehead atoms. The Hall–Kier alpha value is -0.910. The molecule has 0 amide bonds. The average Bonchev–Trinajstić information content (AvgIpc) is 2.59. The van der Waals surface area contributed by atoms with Crippen molar-refractivity contribution in [2.75, 3.05) is 39.3 Å². The van der Waals surface area contributed by atoms with E-state index in [9.17, 15) is 26.7 Å². The van der Waals surface area contributed by atoms with Gasteiger partial charge in [0, 0.05) is 32.7 Å². The van der Waals surface area contributed by atoms with Gasteiger partial charge in [0.05, 0.1) is 34.3 Å². The number of aliphatic hydroxyl groups excluding tert-OH is 1. The standard InChI is InChI=1S/C17H24ClF3N2O4S/c1-12(2)27-11-13(24)10-22-5-7-23(8-6-22)28(25,26)14-3-4-16(18)15(9-14)17(19,20)21/h3-4,9,12-13,24H,5-8,10-11H2,1-2H3. The minimum Gasteiger partial charge on any atom is -0.389 e. The molecule has 1 fully saturated rings. The number of benzene rings is 1. The van der Waals surface area contributed by atoms with Crippen molar-refractivity contribution in [3.8, 4) is 0 Å². The van der Waals surface area contributed by atoms with Gasteiger partial charge in [-0.2, -0.15) is 17.5 Å². The number of aliphatic hydroxyl groups is 1. The van der Waals surface area contributed by atoms with Gasteiger partial charge in [-0.25, -0.2) is 8.42 Å². The second-order valence-corrected chi connectivity index (χ2v) is 9.23. The van der Waals surface area contributed by atoms with E-state index < -0.39 is 37.8 Å². The summed E-state index contributed by atoms with van der Waals surface area (Å²) >= 11 is 5.56. The number of halogens is 4. The molecular weight excluding hydrogens is 421 g/mol. The van der Waals surface area contributed by atoms with Gasteiger partial charge in [-0.3, -0.25) is 4.90 Å². The van der Waals surface area contributed by atoms with Gasteiger partial charge in [0.2, 0.25) is 10.0 Å². The molecule has 1 aromatic carbocycles. The number of β-amino-alcohol motifs (C(OH)–C–C–N with tert-alkyl or cyclic N) is 1. The van der Waals surface area contributed by atoms with Crippen molar-refractivity contribution in [3.63, 3.8) is 0 Å². The first-order valence-corrected chi connectivity index (χ1v) is 10.6. The van der Waals surface area contributed by atoms with Crippen LogP contribution in [0.5, 0.6) is 0 Å². The fourth-order valence-electron chi connectivity index (χ4n) is 2.84. The van der Waals surface area contributed by atoms with E-state index in [0.717, 1.165) is 16.4 Å². The molecule has 0 aromatic heterocycles. The molecule has 1 saturated heterocycles. The Morgan fingerprint density at radius 3 is 2.36 bits per heavy atom. The monoisotopic (exact) mass is 444 g/mol. The molecule has 1 unspecified atom stereocenters. The molecule has 1 aliphatic rings. The summed E-state index contributed by atoms with van der Waals surface area (Å²) in [7, 11) is -4.07. The zero-order valence-corrected chi connectivity index (χ0v) is 17.2. The summed E-state index contributed by atoms with van der Waals surface area (Å²) in [6.45, 7) is 5.18. The van der Waals surface area contributed by atoms with Crippen molar-refractivity contribution in [2.24, 2.45) is 0 Å². The maximum absolute atomic E-state index is 13.0. The van der Waals surface area contributed by atoms with Crippen molar-refractivity contribution in [1.29, 1.82) is 0 Å². The van der Waals surface area contributed by atoms with Crippen LogP contribution in [0.15, 0.2) is 23.1 Å². The van der Waals surface area contributed by atoms with Gasteiger partial charge in [0.25, 0.3) is 0 Å². The quantitative estimate of drug-likeness (QED) is 0.699. The van der Waals surface area contributed by atoms with Gasteiger partial charge in [-0.05, 0) is 32.0 Å². The van der Waals surface area contributed by atoms with Crippen LogP contribution in [0.2, 0.25) is 5.02 Å². The Morgan fingerprint density at radius 1 is 1.21 bits per heavy atom. The lowest BCUT2D eigenvalue weighted by Gasteiger charge is -2.35. The predicted octanol–water partition coefficient (Wildman–Crippen LogP) is 2.45. The number of sulfonamides is 1. The van der Waals surface area contributed by atoms with Crippen molar-refractivity contribution >= 4 is 21.6 Å². The highest BCUT2D eigenvalue weighted by molar-refractivity contribution is 7.89. The van der Waals surface area contributed by atoms with Crippen LogP contribution in [0.3, 0.4) is 0 Å². The SMILES string of the molecule is CC(C)OCC(O)CN1CCN(S(=O)(=O)c2ccc(Cl)c(C(F)(F)F)c2)CC1. The van der Waals surface area contributed by atoms with Crippen LogP contribution in [0.4, 0.5) is 13.2 Å². The third-order valence-corrected chi connectivity index (χ3v) is 6.53. The number of ether oxygens (including phenoxy) is 1. The molecule has 0 spiro atoms. The van der Waals surface area contributed by atoms with Crippen molar-refractivity contribution < 1.29 is 31.4 Å². The van der Waals surface area contributed by atoms with Gasteiger partial charge in [-0.15, -0.1) is 0 Å². The van der Waals surface area contributed by atoms with E-state index in [0.29, 0.717) is 25.7 Å². The molecule has 6 nitrogen and oxygen atoms in total. The molecule has 1 heterocycles. The number of nitrogens with zero attached hydrogens (tertiary/aromatic N) is 2. The number of alkyl halides is 3. The van der Waals surface area contributed by atoms with E-state index in [-0.39, 0.29) is 25.8 Å². The molecule has 1 aliphatic heterocycles. The smallest absolute Gasteiger partial charge is 0.389 e. The highest BCUT2D eigenvalue weighted by Gasteiger charge is 2.36. The summed E-state index contributed by atoms with van der Waals surface area (Å²) in [5.41, 5.74) is -1.18. The Labute approximate surface area is 167 Å². The van der Waals surface area contributed by atoms with E-state index in [1.54, 1.807) is 0 Å². The molecule has 2 rings (SSSR count). The van der Waals surface area contributed by atoms with Crippen LogP contribution >= 0.6 is 11.6 Å². The molecular formula is C17H24ClF3N2O4S. The van der Waals surface area contributed by atoms with Gasteiger partial charge >= 0.3 is 6.18 Å². The summed E-state index contributed by atoms with van der Waals surface area (Å²) in [5.74, 6) is 0. The average molecular weight is 445 g/mol. The van der Waals surface area contributed by atoms with Crippen LogP contribution in [-0.4, -0.2) is 74.3 Å². The van der Waals surface area contributed by atoms with E-state index in [1.807, 2.05) is 18.7 Å². The van der Waals surface area contributed by atoms with Crippen LogP contribution in [0, 0.1) is 0 Å². The molecule has 1 atom stereocenters. The Kier molecular flexibility index (Phi) is 7.74. The molecule has 1 aromatic rings. The summed E-state index contributed by atoms with van der Waals surface area (Å²) in [5, 5.41) is 9.42. The van der Waals surface area contributed by atoms with Crippen LogP contribution in [0.1, 0.15) is 19.4 Å². The summed E-state index contributed by atoms with van der Waals surface area (Å²) in [4.78, 5) is 1.45. The van der Waals surface area contributed by atoms with Gasteiger partial charge < -0.3 is 9.84 Å². The van der Waals surface area contributed by atoms with Gasteiger partial charge in [0.1, 0.15) is 0 Å². The molecule has 0 radical (unpaired) electrons. The Bertz CT molecular complexity index is 766. The lowest BCUT2D eigenvalue weighted by Crippen LogP contribution is -2.50. The molecule has 1 N–H and O–H groups in total. The third kappa shape index (κ3) is 6.04. The minimum atomic E-state index is -4.74. The van der Waals surface area contributed by atoms with E-state index in [1.165, 1.54) is 0 Å². The largest absolute Gasteiger partial charge is 0.417 e. The van der Waals surface area contributed by atoms with E-state index >= 15 is 0 Å². The minimum absolute atomic E-state index is 0.00222. The predicted molar refractivity (Wildman–Crippen MR) is 98.7 cm³/mol. The normalized spacial score (nSPS) is 18.6. The van der Waals surface area contributed by atoms with Crippen LogP contribution in [-0.2, 0) is 20.9 Å². The zero-order valence-electron chi connectivity index (χ0n) is 15.6. The third-order valence-electron chi connectivity index (χ3n) is 4.30. The lowest BCUT2D eigenvalue weighted by molar-refractivity contribution is -0.137. The second kappa shape index (κ2) is 9.27. The lowest BCUT2D eigenvalue weighted by atomic mass is 10.2. The maximum atomic E-state index is 13.0. The van der Waals surface area contributed by atoms with Gasteiger partial charge in [0.15, 0.2) is 0 Å². The van der Waals surface area contributed by atoms with Crippen LogP contribution in [0.25, 0.3) is 0 Å². The van der Waals surface area contributed by atoms with Crippen molar-refractivity contribution in [2.45, 2.75) is 37.1 Å². The highest BCUT2D eigenvalue weighted by Crippen LogP contribution is 2.36. The fourth-order valence-corrected chi connectivity index (χ4v) is 4.51. The highest BCUT2D eigenvalue weighted by atomic mass is 35.5. The van der Waals surface area contributed by atoms with Crippen molar-refractivity contribution in [3.05, 3.63) is 28.8 Å². The number of rotatable bonds is 7. The Morgan fingerprint density at radius 2 is 1.82 bits per heavy atom. The van der Waals surface area contributed by atoms with E-state index in [4.69, 9.17) is 16.3 Å². The first-order valence-electron chi connectivity index (χ1n) is 8.80. The topological polar surface area (TPSA) is 70.1 Å². The van der Waals surface area contributed by atoms with Crippen molar-refractivity contribution in [1.82, 2.24) is 9.21 Å². The fraction of sp³-hybridized carbons (Fsp3) is 0.647. The summed E-state index contributed by atoms with van der Waals surface area (Å²) < 4.78 is 70.9. The van der Waals surface area contributed by atoms with Gasteiger partial charge in [-0.1, -0.05) is 11.6 Å². The number of hydrogen-bond donors (Lipinski definition) is 1. The molecule has 0 aliphatic carbocycles. The first kappa shape index (κ1) is 23.4. The Balaban J connectivity index is 2.02. The summed E-state index contributed by atoms with van der Waals surface area (Å²) in [6, 6.07) is 2.59. The van der Waals surface area contributed by atoms with Crippen LogP contribution < -0.4 is 0 Å². The number of piperazine rings is 1. The molecule has 28 heavy (non-hydrogen) atoms. The maximum Gasteiger partial charge on any atom is 0.417 e. The van der Waals surface area contributed by atoms with E-state index in [2.05, 4.69) is 0 Å². The number of hydrogen-bond acceptors (Lipinski definition) is 5. The molecule has 11 heteroatoms. The first-order chi connectivity index (χ1) is 12.9. The molecule has 0 saturated carbocycles. The summed E-state index contributed by atoms with van der Waals surface area (Å²) in [6.07, 6.45) is -5.44. The zero-order chi connectivity index (χ0) is 21.1.